The Balaban J connectivity index is 1.52. The van der Waals surface area contributed by atoms with Crippen molar-refractivity contribution >= 4 is 11.7 Å². The van der Waals surface area contributed by atoms with Crippen LogP contribution in [-0.4, -0.2) is 65.4 Å². The number of ether oxygens (including phenoxy) is 2. The number of hydrogen-bond acceptors (Lipinski definition) is 7. The van der Waals surface area contributed by atoms with Crippen LogP contribution in [0.25, 0.3) is 0 Å². The number of aliphatic hydroxyl groups excluding tert-OH is 1. The normalized spacial score (nSPS) is 18.7. The molecule has 0 aliphatic carbocycles. The average Bonchev–Trinajstić information content (AvgIpc) is 3.25. The highest BCUT2D eigenvalue weighted by molar-refractivity contribution is 5.81. The predicted octanol–water partition coefficient (Wildman–Crippen LogP) is 1.28. The van der Waals surface area contributed by atoms with E-state index in [2.05, 4.69) is 28.7 Å². The molecule has 38 heavy (non-hydrogen) atoms. The number of aromatic nitrogens is 2. The molecule has 0 saturated carbocycles. The molecule has 13 heteroatoms. The number of nitrogens with two attached hydrogens (primary N) is 1. The van der Waals surface area contributed by atoms with E-state index in [1.54, 1.807) is 29.6 Å². The molecule has 1 aliphatic heterocycles. The van der Waals surface area contributed by atoms with E-state index in [-0.39, 0.29) is 44.0 Å². The fourth-order valence-corrected chi connectivity index (χ4v) is 3.32. The number of amides is 1. The monoisotopic (exact) mass is 536 g/mol. The van der Waals surface area contributed by atoms with Gasteiger partial charge in [-0.25, -0.2) is 9.18 Å². The number of carbonyl (C=O) groups is 1. The minimum atomic E-state index is -4.90. The molecule has 1 saturated heterocycles. The zero-order valence-electron chi connectivity index (χ0n) is 19.9. The molecule has 4 N–H and O–H groups in total. The number of nitrogens with one attached hydrogen (secondary N) is 1. The molecule has 3 unspecified atom stereocenters. The lowest BCUT2D eigenvalue weighted by atomic mass is 10.1. The number of anilines is 1. The van der Waals surface area contributed by atoms with Crippen LogP contribution in [0.1, 0.15) is 35.8 Å². The number of nitrogen functional groups attached to an aromatic ring is 1. The summed E-state index contributed by atoms with van der Waals surface area (Å²) >= 11 is 0. The lowest BCUT2D eigenvalue weighted by Gasteiger charge is -2.14. The van der Waals surface area contributed by atoms with Gasteiger partial charge < -0.3 is 25.6 Å². The van der Waals surface area contributed by atoms with Gasteiger partial charge >= 0.3 is 17.8 Å². The molecule has 2 aromatic rings. The first-order valence-corrected chi connectivity index (χ1v) is 11.4. The van der Waals surface area contributed by atoms with E-state index in [0.717, 1.165) is 4.57 Å². The third-order valence-electron chi connectivity index (χ3n) is 5.28. The molecule has 1 fully saturated rings. The van der Waals surface area contributed by atoms with Crippen LogP contribution in [0.15, 0.2) is 35.3 Å². The fourth-order valence-electron chi connectivity index (χ4n) is 3.32. The molecule has 1 aromatic carbocycles. The summed E-state index contributed by atoms with van der Waals surface area (Å²) in [5.41, 5.74) is 6.63. The van der Waals surface area contributed by atoms with Gasteiger partial charge in [-0.1, -0.05) is 23.7 Å². The zero-order chi connectivity index (χ0) is 27.7. The molecular weight excluding hydrogens is 512 g/mol. The van der Waals surface area contributed by atoms with Crippen molar-refractivity contribution in [3.63, 3.8) is 0 Å². The van der Waals surface area contributed by atoms with Crippen LogP contribution in [0, 0.1) is 23.7 Å². The van der Waals surface area contributed by atoms with Gasteiger partial charge in [0.05, 0.1) is 12.2 Å². The second-order valence-corrected chi connectivity index (χ2v) is 8.08. The molecule has 9 nitrogen and oxygen atoms in total. The Bertz CT molecular complexity index is 1310. The Hall–Kier alpha value is -3.91. The molecule has 0 bridgehead atoms. The van der Waals surface area contributed by atoms with Crippen LogP contribution in [0.2, 0.25) is 0 Å². The number of halogens is 4. The minimum absolute atomic E-state index is 0.0592. The van der Waals surface area contributed by atoms with E-state index in [4.69, 9.17) is 20.3 Å². The highest BCUT2D eigenvalue weighted by Crippen LogP contribution is 2.29. The summed E-state index contributed by atoms with van der Waals surface area (Å²) in [5.74, 6) is 9.29. The first kappa shape index (κ1) is 28.7. The van der Waals surface area contributed by atoms with E-state index in [0.29, 0.717) is 11.1 Å². The Morgan fingerprint density at radius 1 is 1.24 bits per heavy atom. The summed E-state index contributed by atoms with van der Waals surface area (Å²) in [6.07, 6.45) is -6.83. The van der Waals surface area contributed by atoms with Gasteiger partial charge in [0.2, 0.25) is 0 Å². The lowest BCUT2D eigenvalue weighted by Crippen LogP contribution is -2.37. The van der Waals surface area contributed by atoms with E-state index >= 15 is 0 Å². The maximum Gasteiger partial charge on any atom is 0.471 e. The first-order chi connectivity index (χ1) is 18.1. The molecule has 3 rings (SSSR count). The number of benzene rings is 1. The van der Waals surface area contributed by atoms with E-state index < -0.39 is 42.9 Å². The minimum Gasteiger partial charge on any atom is -0.394 e. The largest absolute Gasteiger partial charge is 0.471 e. The maximum atomic E-state index is 13.9. The number of hydrogen-bond donors (Lipinski definition) is 3. The van der Waals surface area contributed by atoms with Gasteiger partial charge in [-0.2, -0.15) is 18.2 Å². The Morgan fingerprint density at radius 2 is 1.92 bits per heavy atom. The maximum absolute atomic E-state index is 13.9. The number of alkyl halides is 4. The van der Waals surface area contributed by atoms with Gasteiger partial charge in [-0.05, 0) is 30.7 Å². The number of rotatable bonds is 7. The van der Waals surface area contributed by atoms with Crippen molar-refractivity contribution in [1.29, 1.82) is 0 Å². The van der Waals surface area contributed by atoms with Crippen LogP contribution >= 0.6 is 0 Å². The van der Waals surface area contributed by atoms with Crippen LogP contribution in [0.4, 0.5) is 23.4 Å². The van der Waals surface area contributed by atoms with Gasteiger partial charge in [-0.15, -0.1) is 0 Å². The van der Waals surface area contributed by atoms with Gasteiger partial charge in [0.1, 0.15) is 30.9 Å². The predicted molar refractivity (Wildman–Crippen MR) is 127 cm³/mol. The van der Waals surface area contributed by atoms with Crippen molar-refractivity contribution in [1.82, 2.24) is 14.9 Å². The quantitative estimate of drug-likeness (QED) is 0.276. The van der Waals surface area contributed by atoms with E-state index in [1.807, 2.05) is 0 Å². The SMILES string of the molecule is Nc1nc(=O)n(C2CC(F)C(CO)O2)cc1C#Cc1ccc(C#CCOCCCNC(=O)C(F)(F)F)cc1. The molecule has 202 valence electrons. The molecular formula is C25H24F4N4O5. The van der Waals surface area contributed by atoms with Gasteiger partial charge in [0, 0.05) is 36.9 Å². The molecule has 1 aromatic heterocycles. The van der Waals surface area contributed by atoms with Gasteiger partial charge in [0.25, 0.3) is 0 Å². The summed E-state index contributed by atoms with van der Waals surface area (Å²) in [5, 5.41) is 10.9. The summed E-state index contributed by atoms with van der Waals surface area (Å²) < 4.78 is 61.8. The van der Waals surface area contributed by atoms with Crippen molar-refractivity contribution in [2.75, 3.05) is 32.1 Å². The van der Waals surface area contributed by atoms with Gasteiger partial charge in [0.15, 0.2) is 0 Å². The Morgan fingerprint density at radius 3 is 2.55 bits per heavy atom. The highest BCUT2D eigenvalue weighted by atomic mass is 19.4. The number of nitrogens with zero attached hydrogens (tertiary/aromatic N) is 2. The van der Waals surface area contributed by atoms with Crippen LogP contribution in [0.5, 0.6) is 0 Å². The molecule has 3 atom stereocenters. The smallest absolute Gasteiger partial charge is 0.394 e. The van der Waals surface area contributed by atoms with Crippen LogP contribution in [-0.2, 0) is 14.3 Å². The van der Waals surface area contributed by atoms with Crippen molar-refractivity contribution in [3.05, 3.63) is 57.6 Å². The summed E-state index contributed by atoms with van der Waals surface area (Å²) in [7, 11) is 0. The summed E-state index contributed by atoms with van der Waals surface area (Å²) in [4.78, 5) is 26.6. The number of aliphatic hydroxyl groups is 1. The molecule has 0 spiro atoms. The zero-order valence-corrected chi connectivity index (χ0v) is 19.9. The van der Waals surface area contributed by atoms with E-state index in [1.165, 1.54) is 6.20 Å². The summed E-state index contributed by atoms with van der Waals surface area (Å²) in [6.45, 7) is -0.475. The van der Waals surface area contributed by atoms with E-state index in [9.17, 15) is 27.2 Å². The second kappa shape index (κ2) is 13.1. The molecule has 1 aliphatic rings. The Labute approximate surface area is 215 Å². The third-order valence-corrected chi connectivity index (χ3v) is 5.28. The Kier molecular flexibility index (Phi) is 9.85. The molecule has 1 amide bonds. The third kappa shape index (κ3) is 8.05. The topological polar surface area (TPSA) is 129 Å². The fraction of sp³-hybridized carbons (Fsp3) is 0.400. The lowest BCUT2D eigenvalue weighted by molar-refractivity contribution is -0.173. The first-order valence-electron chi connectivity index (χ1n) is 11.4. The average molecular weight is 536 g/mol. The van der Waals surface area contributed by atoms with Crippen molar-refractivity contribution in [2.24, 2.45) is 0 Å². The second-order valence-electron chi connectivity index (χ2n) is 8.08. The highest BCUT2D eigenvalue weighted by Gasteiger charge is 2.38. The van der Waals surface area contributed by atoms with Crippen LogP contribution < -0.4 is 16.7 Å². The van der Waals surface area contributed by atoms with Crippen molar-refractivity contribution in [3.8, 4) is 23.7 Å². The molecule has 0 radical (unpaired) electrons. The number of carbonyl (C=O) groups excluding carboxylic acids is 1. The standard InChI is InChI=1S/C25H24F4N4O5/c26-19-13-21(38-20(19)15-34)33-14-18(22(30)32-24(33)36)9-8-17-6-4-16(5-7-17)3-1-11-37-12-2-10-31-23(35)25(27,28)29/h4-7,14,19-21,34H,2,10-13,15H2,(H,31,35)(H2,30,32,36). The van der Waals surface area contributed by atoms with Crippen LogP contribution in [0.3, 0.4) is 0 Å². The van der Waals surface area contributed by atoms with Gasteiger partial charge in [-0.3, -0.25) is 9.36 Å². The molecule has 2 heterocycles. The summed E-state index contributed by atoms with van der Waals surface area (Å²) in [6, 6.07) is 6.85. The van der Waals surface area contributed by atoms with Crippen molar-refractivity contribution in [2.45, 2.75) is 37.5 Å². The van der Waals surface area contributed by atoms with Crippen molar-refractivity contribution < 1.29 is 36.9 Å².